The first-order valence-electron chi connectivity index (χ1n) is 10.5. The van der Waals surface area contributed by atoms with Gasteiger partial charge in [-0.3, -0.25) is 0 Å². The number of hydrogen-bond donors (Lipinski definition) is 2. The summed E-state index contributed by atoms with van der Waals surface area (Å²) in [7, 11) is 0. The molecule has 0 aliphatic carbocycles. The number of rotatable bonds is 6. The zero-order valence-corrected chi connectivity index (χ0v) is 17.9. The second-order valence-corrected chi connectivity index (χ2v) is 8.30. The molecule has 31 heavy (non-hydrogen) atoms. The van der Waals surface area contributed by atoms with Crippen molar-refractivity contribution in [1.82, 2.24) is 5.32 Å². The first-order chi connectivity index (χ1) is 15.0. The SMILES string of the molecule is O=C(Nc1cc(Cl)ccc1OCC1CCCO1)NC1(c2ccc(F)cc2)CCOCC1. The molecule has 0 saturated carbocycles. The first-order valence-corrected chi connectivity index (χ1v) is 10.9. The molecule has 2 fully saturated rings. The van der Waals surface area contributed by atoms with Crippen LogP contribution in [0.15, 0.2) is 42.5 Å². The van der Waals surface area contributed by atoms with E-state index < -0.39 is 11.6 Å². The highest BCUT2D eigenvalue weighted by atomic mass is 35.5. The van der Waals surface area contributed by atoms with E-state index in [0.717, 1.165) is 25.0 Å². The van der Waals surface area contributed by atoms with Crippen LogP contribution in [0.3, 0.4) is 0 Å². The predicted octanol–water partition coefficient (Wildman–Crippen LogP) is 4.86. The van der Waals surface area contributed by atoms with Crippen molar-refractivity contribution in [2.75, 3.05) is 31.7 Å². The Morgan fingerprint density at radius 3 is 2.65 bits per heavy atom. The minimum Gasteiger partial charge on any atom is -0.489 e. The molecule has 0 bridgehead atoms. The van der Waals surface area contributed by atoms with Crippen LogP contribution in [-0.4, -0.2) is 38.6 Å². The molecular formula is C23H26ClFN2O4. The molecule has 1 atom stereocenters. The summed E-state index contributed by atoms with van der Waals surface area (Å²) < 4.78 is 30.4. The third kappa shape index (κ3) is 5.47. The lowest BCUT2D eigenvalue weighted by Crippen LogP contribution is -2.50. The summed E-state index contributed by atoms with van der Waals surface area (Å²) in [5.41, 5.74) is 0.672. The third-order valence-electron chi connectivity index (χ3n) is 5.73. The topological polar surface area (TPSA) is 68.8 Å². The van der Waals surface area contributed by atoms with Crippen LogP contribution in [0.5, 0.6) is 5.75 Å². The fourth-order valence-electron chi connectivity index (χ4n) is 4.03. The van der Waals surface area contributed by atoms with Crippen molar-refractivity contribution in [2.45, 2.75) is 37.3 Å². The second kappa shape index (κ2) is 9.85. The van der Waals surface area contributed by atoms with Crippen molar-refractivity contribution in [3.63, 3.8) is 0 Å². The van der Waals surface area contributed by atoms with Gasteiger partial charge in [0.1, 0.15) is 18.2 Å². The van der Waals surface area contributed by atoms with Crippen molar-refractivity contribution in [3.8, 4) is 5.75 Å². The van der Waals surface area contributed by atoms with Crippen LogP contribution < -0.4 is 15.4 Å². The lowest BCUT2D eigenvalue weighted by molar-refractivity contribution is 0.0417. The van der Waals surface area contributed by atoms with E-state index in [2.05, 4.69) is 10.6 Å². The molecule has 2 heterocycles. The van der Waals surface area contributed by atoms with E-state index in [0.29, 0.717) is 49.1 Å². The number of urea groups is 1. The molecule has 0 spiro atoms. The molecule has 2 aromatic carbocycles. The first kappa shape index (κ1) is 21.9. The predicted molar refractivity (Wildman–Crippen MR) is 116 cm³/mol. The summed E-state index contributed by atoms with van der Waals surface area (Å²) in [6, 6.07) is 10.9. The Bertz CT molecular complexity index is 897. The van der Waals surface area contributed by atoms with E-state index in [4.69, 9.17) is 25.8 Å². The Morgan fingerprint density at radius 1 is 1.16 bits per heavy atom. The number of carbonyl (C=O) groups is 1. The molecule has 0 radical (unpaired) electrons. The summed E-state index contributed by atoms with van der Waals surface area (Å²) in [5, 5.41) is 6.43. The van der Waals surface area contributed by atoms with E-state index in [-0.39, 0.29) is 11.9 Å². The number of ether oxygens (including phenoxy) is 3. The fraction of sp³-hybridized carbons (Fsp3) is 0.435. The highest BCUT2D eigenvalue weighted by Gasteiger charge is 2.36. The maximum atomic E-state index is 13.4. The van der Waals surface area contributed by atoms with Crippen LogP contribution in [-0.2, 0) is 15.0 Å². The van der Waals surface area contributed by atoms with E-state index >= 15 is 0 Å². The number of amides is 2. The molecule has 0 aromatic heterocycles. The monoisotopic (exact) mass is 448 g/mol. The van der Waals surface area contributed by atoms with E-state index in [1.807, 2.05) is 0 Å². The molecule has 6 nitrogen and oxygen atoms in total. The van der Waals surface area contributed by atoms with E-state index in [9.17, 15) is 9.18 Å². The Balaban J connectivity index is 1.48. The molecule has 166 valence electrons. The van der Waals surface area contributed by atoms with Crippen LogP contribution in [0.2, 0.25) is 5.02 Å². The van der Waals surface area contributed by atoms with Crippen molar-refractivity contribution >= 4 is 23.3 Å². The standard InChI is InChI=1S/C23H26ClFN2O4/c24-17-5-8-21(31-15-19-2-1-11-30-19)20(14-17)26-22(28)27-23(9-12-29-13-10-23)16-3-6-18(25)7-4-16/h3-8,14,19H,1-2,9-13,15H2,(H2,26,27,28). The molecule has 2 aromatic rings. The van der Waals surface area contributed by atoms with Gasteiger partial charge in [0.15, 0.2) is 0 Å². The number of carbonyl (C=O) groups excluding carboxylic acids is 1. The van der Waals surface area contributed by atoms with Gasteiger partial charge in [-0.1, -0.05) is 23.7 Å². The Labute approximate surface area is 186 Å². The van der Waals surface area contributed by atoms with Gasteiger partial charge in [0.05, 0.1) is 17.3 Å². The van der Waals surface area contributed by atoms with Crippen LogP contribution in [0.25, 0.3) is 0 Å². The van der Waals surface area contributed by atoms with Gasteiger partial charge in [-0.25, -0.2) is 9.18 Å². The molecule has 1 unspecified atom stereocenters. The Morgan fingerprint density at radius 2 is 1.94 bits per heavy atom. The average molecular weight is 449 g/mol. The third-order valence-corrected chi connectivity index (χ3v) is 5.97. The molecule has 2 amide bonds. The minimum absolute atomic E-state index is 0.0568. The van der Waals surface area contributed by atoms with Gasteiger partial charge < -0.3 is 24.8 Å². The largest absolute Gasteiger partial charge is 0.489 e. The minimum atomic E-state index is -0.646. The second-order valence-electron chi connectivity index (χ2n) is 7.87. The zero-order valence-electron chi connectivity index (χ0n) is 17.2. The highest BCUT2D eigenvalue weighted by Crippen LogP contribution is 2.33. The smallest absolute Gasteiger partial charge is 0.320 e. The number of benzene rings is 2. The van der Waals surface area contributed by atoms with E-state index in [1.165, 1.54) is 12.1 Å². The Kier molecular flexibility index (Phi) is 6.95. The fourth-order valence-corrected chi connectivity index (χ4v) is 4.20. The number of anilines is 1. The van der Waals surface area contributed by atoms with Crippen molar-refractivity contribution in [1.29, 1.82) is 0 Å². The lowest BCUT2D eigenvalue weighted by atomic mass is 9.83. The van der Waals surface area contributed by atoms with Crippen LogP contribution in [0.4, 0.5) is 14.9 Å². The van der Waals surface area contributed by atoms with Gasteiger partial charge in [0, 0.05) is 24.8 Å². The summed E-state index contributed by atoms with van der Waals surface area (Å²) in [6.45, 7) is 2.17. The normalized spacial score (nSPS) is 20.3. The van der Waals surface area contributed by atoms with Crippen molar-refractivity contribution in [3.05, 3.63) is 58.9 Å². The summed E-state index contributed by atoms with van der Waals surface area (Å²) >= 11 is 6.15. The molecule has 2 saturated heterocycles. The number of nitrogens with one attached hydrogen (secondary N) is 2. The molecule has 4 rings (SSSR count). The van der Waals surface area contributed by atoms with Crippen LogP contribution in [0.1, 0.15) is 31.2 Å². The summed E-state index contributed by atoms with van der Waals surface area (Å²) in [4.78, 5) is 13.0. The van der Waals surface area contributed by atoms with Gasteiger partial charge in [-0.2, -0.15) is 0 Å². The molecule has 8 heteroatoms. The van der Waals surface area contributed by atoms with Gasteiger partial charge in [0.25, 0.3) is 0 Å². The Hall–Kier alpha value is -2.35. The average Bonchev–Trinajstić information content (AvgIpc) is 3.28. The van der Waals surface area contributed by atoms with Crippen molar-refractivity contribution < 1.29 is 23.4 Å². The van der Waals surface area contributed by atoms with Gasteiger partial charge in [0.2, 0.25) is 0 Å². The molecule has 2 N–H and O–H groups in total. The molecule has 2 aliphatic rings. The molecule has 2 aliphatic heterocycles. The lowest BCUT2D eigenvalue weighted by Gasteiger charge is -2.38. The van der Waals surface area contributed by atoms with Crippen LogP contribution >= 0.6 is 11.6 Å². The molecular weight excluding hydrogens is 423 g/mol. The van der Waals surface area contributed by atoms with Gasteiger partial charge in [-0.15, -0.1) is 0 Å². The highest BCUT2D eigenvalue weighted by molar-refractivity contribution is 6.31. The summed E-state index contributed by atoms with van der Waals surface area (Å²) in [6.07, 6.45) is 3.21. The quantitative estimate of drug-likeness (QED) is 0.661. The number of hydrogen-bond acceptors (Lipinski definition) is 4. The maximum Gasteiger partial charge on any atom is 0.320 e. The van der Waals surface area contributed by atoms with Crippen molar-refractivity contribution in [2.24, 2.45) is 0 Å². The van der Waals surface area contributed by atoms with Crippen LogP contribution in [0, 0.1) is 5.82 Å². The number of halogens is 2. The zero-order chi connectivity index (χ0) is 21.7. The van der Waals surface area contributed by atoms with E-state index in [1.54, 1.807) is 30.3 Å². The maximum absolute atomic E-state index is 13.4. The summed E-state index contributed by atoms with van der Waals surface area (Å²) in [5.74, 6) is 0.209. The van der Waals surface area contributed by atoms with Gasteiger partial charge >= 0.3 is 6.03 Å². The van der Waals surface area contributed by atoms with Gasteiger partial charge in [-0.05, 0) is 61.6 Å².